The van der Waals surface area contributed by atoms with Gasteiger partial charge in [0.15, 0.2) is 0 Å². The first-order valence-corrected chi connectivity index (χ1v) is 10.6. The van der Waals surface area contributed by atoms with E-state index in [1.807, 2.05) is 41.9 Å². The number of rotatable bonds is 6. The third-order valence-electron chi connectivity index (χ3n) is 6.13. The molecule has 1 aromatic heterocycles. The second-order valence-electron chi connectivity index (χ2n) is 7.95. The molecular weight excluding hydrogens is 382 g/mol. The van der Waals surface area contributed by atoms with Crippen LogP contribution < -0.4 is 10.6 Å². The average Bonchev–Trinajstić information content (AvgIpc) is 3.33. The molecule has 0 spiro atoms. The number of imide groups is 1. The van der Waals surface area contributed by atoms with Crippen LogP contribution in [0.1, 0.15) is 57.1 Å². The van der Waals surface area contributed by atoms with E-state index in [1.54, 1.807) is 12.3 Å². The molecule has 0 radical (unpaired) electrons. The van der Waals surface area contributed by atoms with Gasteiger partial charge in [0.1, 0.15) is 17.9 Å². The molecule has 8 heteroatoms. The Balaban J connectivity index is 1.47. The Kier molecular flexibility index (Phi) is 5.57. The number of urea groups is 1. The molecule has 30 heavy (non-hydrogen) atoms. The third-order valence-corrected chi connectivity index (χ3v) is 6.13. The molecule has 0 bridgehead atoms. The maximum absolute atomic E-state index is 13.2. The summed E-state index contributed by atoms with van der Waals surface area (Å²) in [5, 5.41) is 10.0. The molecule has 158 valence electrons. The molecule has 4 rings (SSSR count). The monoisotopic (exact) mass is 409 g/mol. The van der Waals surface area contributed by atoms with E-state index in [0.717, 1.165) is 30.6 Å². The van der Waals surface area contributed by atoms with Gasteiger partial charge in [-0.25, -0.2) is 9.48 Å². The number of nitrogens with one attached hydrogen (secondary N) is 2. The molecule has 1 aliphatic heterocycles. The lowest BCUT2D eigenvalue weighted by atomic mass is 9.87. The summed E-state index contributed by atoms with van der Waals surface area (Å²) < 4.78 is 1.85. The van der Waals surface area contributed by atoms with Gasteiger partial charge in [0.2, 0.25) is 5.91 Å². The van der Waals surface area contributed by atoms with Crippen LogP contribution in [0.2, 0.25) is 0 Å². The molecule has 8 nitrogen and oxygen atoms in total. The van der Waals surface area contributed by atoms with Crippen molar-refractivity contribution in [2.45, 2.75) is 57.0 Å². The van der Waals surface area contributed by atoms with Crippen molar-refractivity contribution in [2.24, 2.45) is 0 Å². The first kappa shape index (κ1) is 20.1. The van der Waals surface area contributed by atoms with Gasteiger partial charge in [-0.2, -0.15) is 5.10 Å². The van der Waals surface area contributed by atoms with Crippen molar-refractivity contribution < 1.29 is 14.4 Å². The standard InChI is InChI=1S/C22H27N5O3/c1-2-22(16-9-5-3-6-10-16)20(29)26(21(30)25-22)15-19(28)24-18-13-14-23-27(18)17-11-7-4-8-12-17/h3,5-6,9-10,13-14,17H,2,4,7-8,11-12,15H2,1H3,(H,24,28)(H,25,30). The predicted molar refractivity (Wildman–Crippen MR) is 112 cm³/mol. The van der Waals surface area contributed by atoms with Crippen molar-refractivity contribution >= 4 is 23.7 Å². The van der Waals surface area contributed by atoms with Gasteiger partial charge in [-0.3, -0.25) is 14.5 Å². The van der Waals surface area contributed by atoms with Gasteiger partial charge in [0.05, 0.1) is 12.2 Å². The number of benzene rings is 1. The number of carbonyl (C=O) groups is 3. The summed E-state index contributed by atoms with van der Waals surface area (Å²) in [7, 11) is 0. The number of nitrogens with zero attached hydrogens (tertiary/aromatic N) is 3. The zero-order valence-electron chi connectivity index (χ0n) is 17.1. The van der Waals surface area contributed by atoms with Gasteiger partial charge in [-0.15, -0.1) is 0 Å². The largest absolute Gasteiger partial charge is 0.325 e. The van der Waals surface area contributed by atoms with Crippen LogP contribution in [0.15, 0.2) is 42.6 Å². The molecule has 1 unspecified atom stereocenters. The molecule has 2 fully saturated rings. The molecule has 1 aromatic carbocycles. The minimum Gasteiger partial charge on any atom is -0.319 e. The Morgan fingerprint density at radius 1 is 1.17 bits per heavy atom. The molecular formula is C22H27N5O3. The topological polar surface area (TPSA) is 96.3 Å². The molecule has 1 atom stereocenters. The van der Waals surface area contributed by atoms with Crippen molar-refractivity contribution in [1.29, 1.82) is 0 Å². The van der Waals surface area contributed by atoms with Crippen molar-refractivity contribution in [1.82, 2.24) is 20.0 Å². The highest BCUT2D eigenvalue weighted by Gasteiger charge is 2.51. The van der Waals surface area contributed by atoms with E-state index < -0.39 is 23.4 Å². The molecule has 2 heterocycles. The lowest BCUT2D eigenvalue weighted by Gasteiger charge is -2.26. The number of anilines is 1. The second-order valence-corrected chi connectivity index (χ2v) is 7.95. The fraction of sp³-hybridized carbons (Fsp3) is 0.455. The fourth-order valence-electron chi connectivity index (χ4n) is 4.49. The maximum Gasteiger partial charge on any atom is 0.325 e. The summed E-state index contributed by atoms with van der Waals surface area (Å²) in [6.07, 6.45) is 7.66. The van der Waals surface area contributed by atoms with E-state index in [4.69, 9.17) is 0 Å². The number of amides is 4. The van der Waals surface area contributed by atoms with E-state index in [0.29, 0.717) is 17.8 Å². The highest BCUT2D eigenvalue weighted by Crippen LogP contribution is 2.33. The Morgan fingerprint density at radius 3 is 2.60 bits per heavy atom. The molecule has 1 aliphatic carbocycles. The van der Waals surface area contributed by atoms with Crippen LogP contribution in [0.4, 0.5) is 10.6 Å². The fourth-order valence-corrected chi connectivity index (χ4v) is 4.49. The summed E-state index contributed by atoms with van der Waals surface area (Å²) in [5.74, 6) is -0.225. The normalized spacial score (nSPS) is 22.2. The quantitative estimate of drug-likeness (QED) is 0.716. The van der Waals surface area contributed by atoms with Crippen LogP contribution in [-0.2, 0) is 15.1 Å². The first-order chi connectivity index (χ1) is 14.5. The van der Waals surface area contributed by atoms with Crippen LogP contribution in [0, 0.1) is 0 Å². The van der Waals surface area contributed by atoms with Gasteiger partial charge < -0.3 is 10.6 Å². The van der Waals surface area contributed by atoms with Crippen LogP contribution in [0.3, 0.4) is 0 Å². The number of carbonyl (C=O) groups excluding carboxylic acids is 3. The summed E-state index contributed by atoms with van der Waals surface area (Å²) in [6, 6.07) is 10.6. The summed E-state index contributed by atoms with van der Waals surface area (Å²) in [5.41, 5.74) is -0.424. The predicted octanol–water partition coefficient (Wildman–Crippen LogP) is 3.18. The van der Waals surface area contributed by atoms with Gasteiger partial charge in [-0.1, -0.05) is 56.5 Å². The van der Waals surface area contributed by atoms with Gasteiger partial charge in [0, 0.05) is 6.07 Å². The summed E-state index contributed by atoms with van der Waals surface area (Å²) in [6.45, 7) is 1.51. The van der Waals surface area contributed by atoms with E-state index in [1.165, 1.54) is 6.42 Å². The summed E-state index contributed by atoms with van der Waals surface area (Å²) >= 11 is 0. The third kappa shape index (κ3) is 3.58. The number of hydrogen-bond acceptors (Lipinski definition) is 4. The molecule has 2 aliphatic rings. The lowest BCUT2D eigenvalue weighted by molar-refractivity contribution is -0.134. The van der Waals surface area contributed by atoms with Crippen molar-refractivity contribution in [3.63, 3.8) is 0 Å². The Morgan fingerprint density at radius 2 is 1.90 bits per heavy atom. The van der Waals surface area contributed by atoms with Crippen LogP contribution in [0.25, 0.3) is 0 Å². The maximum atomic E-state index is 13.2. The molecule has 2 N–H and O–H groups in total. The minimum atomic E-state index is -1.14. The molecule has 4 amide bonds. The smallest absolute Gasteiger partial charge is 0.319 e. The van der Waals surface area contributed by atoms with Gasteiger partial charge in [-0.05, 0) is 24.8 Å². The Labute approximate surface area is 175 Å². The summed E-state index contributed by atoms with van der Waals surface area (Å²) in [4.78, 5) is 39.4. The zero-order valence-corrected chi connectivity index (χ0v) is 17.1. The molecule has 1 saturated carbocycles. The lowest BCUT2D eigenvalue weighted by Crippen LogP contribution is -2.44. The van der Waals surface area contributed by atoms with Crippen molar-refractivity contribution in [2.75, 3.05) is 11.9 Å². The highest BCUT2D eigenvalue weighted by atomic mass is 16.2. The molecule has 1 saturated heterocycles. The highest BCUT2D eigenvalue weighted by molar-refractivity contribution is 6.10. The van der Waals surface area contributed by atoms with E-state index in [9.17, 15) is 14.4 Å². The number of aromatic nitrogens is 2. The van der Waals surface area contributed by atoms with Gasteiger partial charge >= 0.3 is 6.03 Å². The van der Waals surface area contributed by atoms with Crippen LogP contribution >= 0.6 is 0 Å². The van der Waals surface area contributed by atoms with E-state index in [2.05, 4.69) is 15.7 Å². The SMILES string of the molecule is CCC1(c2ccccc2)NC(=O)N(CC(=O)Nc2ccnn2C2CCCCC2)C1=O. The van der Waals surface area contributed by atoms with Crippen molar-refractivity contribution in [3.05, 3.63) is 48.2 Å². The Bertz CT molecular complexity index is 935. The first-order valence-electron chi connectivity index (χ1n) is 10.6. The zero-order chi connectivity index (χ0) is 21.1. The minimum absolute atomic E-state index is 0.270. The van der Waals surface area contributed by atoms with Crippen LogP contribution in [0.5, 0.6) is 0 Å². The molecule has 2 aromatic rings. The second kappa shape index (κ2) is 8.30. The average molecular weight is 409 g/mol. The van der Waals surface area contributed by atoms with Crippen molar-refractivity contribution in [3.8, 4) is 0 Å². The van der Waals surface area contributed by atoms with E-state index >= 15 is 0 Å². The Hall–Kier alpha value is -3.16. The van der Waals surface area contributed by atoms with Gasteiger partial charge in [0.25, 0.3) is 5.91 Å². The van der Waals surface area contributed by atoms with E-state index in [-0.39, 0.29) is 12.6 Å². The number of hydrogen-bond donors (Lipinski definition) is 2. The van der Waals surface area contributed by atoms with Crippen LogP contribution in [-0.4, -0.2) is 39.1 Å².